The third kappa shape index (κ3) is 6.24. The Hall–Kier alpha value is -2.95. The number of nitrogens with zero attached hydrogens (tertiary/aromatic N) is 1. The highest BCUT2D eigenvalue weighted by Crippen LogP contribution is 2.37. The highest BCUT2D eigenvalue weighted by Gasteiger charge is 2.29. The molecule has 1 amide bonds. The van der Waals surface area contributed by atoms with E-state index in [0.717, 1.165) is 55.6 Å². The molecular weight excluding hydrogens is 444 g/mol. The van der Waals surface area contributed by atoms with Crippen LogP contribution in [-0.4, -0.2) is 35.5 Å². The molecule has 0 spiro atoms. The molecule has 3 aromatic carbocycles. The lowest BCUT2D eigenvalue weighted by atomic mass is 9.79. The first-order chi connectivity index (χ1) is 17.7. The smallest absolute Gasteiger partial charge is 0.224 e. The van der Waals surface area contributed by atoms with Crippen molar-refractivity contribution in [3.8, 4) is 0 Å². The average Bonchev–Trinajstić information content (AvgIpc) is 2.93. The van der Waals surface area contributed by atoms with E-state index >= 15 is 0 Å². The van der Waals surface area contributed by atoms with Crippen molar-refractivity contribution in [2.45, 2.75) is 57.1 Å². The summed E-state index contributed by atoms with van der Waals surface area (Å²) in [6.07, 6.45) is 5.54. The monoisotopic (exact) mass is 482 g/mol. The number of amides is 1. The molecule has 1 fully saturated rings. The summed E-state index contributed by atoms with van der Waals surface area (Å²) < 4.78 is 0. The predicted octanol–water partition coefficient (Wildman–Crippen LogP) is 5.41. The van der Waals surface area contributed by atoms with Crippen LogP contribution < -0.4 is 5.32 Å². The van der Waals surface area contributed by atoms with E-state index in [1.807, 2.05) is 30.3 Å². The summed E-state index contributed by atoms with van der Waals surface area (Å²) in [5.74, 6) is 1.04. The zero-order valence-electron chi connectivity index (χ0n) is 21.1. The van der Waals surface area contributed by atoms with Crippen molar-refractivity contribution in [3.63, 3.8) is 0 Å². The first-order valence-corrected chi connectivity index (χ1v) is 13.5. The van der Waals surface area contributed by atoms with Crippen LogP contribution in [0.5, 0.6) is 0 Å². The van der Waals surface area contributed by atoms with Crippen molar-refractivity contribution in [3.05, 3.63) is 107 Å². The average molecular weight is 483 g/mol. The van der Waals surface area contributed by atoms with Crippen LogP contribution in [0.1, 0.15) is 65.5 Å². The third-order valence-corrected chi connectivity index (χ3v) is 8.13. The summed E-state index contributed by atoms with van der Waals surface area (Å²) in [5.41, 5.74) is 5.91. The van der Waals surface area contributed by atoms with Crippen LogP contribution in [0.25, 0.3) is 0 Å². The van der Waals surface area contributed by atoms with Gasteiger partial charge in [-0.25, -0.2) is 0 Å². The molecule has 2 N–H and O–H groups in total. The molecule has 0 saturated carbocycles. The number of nitrogens with one attached hydrogen (secondary N) is 1. The quantitative estimate of drug-likeness (QED) is 0.451. The van der Waals surface area contributed by atoms with Crippen LogP contribution in [0.4, 0.5) is 0 Å². The Morgan fingerprint density at radius 3 is 2.36 bits per heavy atom. The molecule has 0 radical (unpaired) electrons. The molecule has 5 rings (SSSR count). The normalized spacial score (nSPS) is 20.6. The van der Waals surface area contributed by atoms with Gasteiger partial charge in [0.25, 0.3) is 0 Å². The minimum Gasteiger partial charge on any atom is -0.388 e. The fourth-order valence-corrected chi connectivity index (χ4v) is 5.94. The van der Waals surface area contributed by atoms with Crippen molar-refractivity contribution >= 4 is 5.91 Å². The predicted molar refractivity (Wildman–Crippen MR) is 145 cm³/mol. The molecule has 3 aromatic rings. The number of piperidine rings is 1. The van der Waals surface area contributed by atoms with E-state index in [9.17, 15) is 9.90 Å². The molecule has 0 aromatic heterocycles. The first kappa shape index (κ1) is 24.7. The van der Waals surface area contributed by atoms with Crippen LogP contribution in [0.3, 0.4) is 0 Å². The number of likely N-dealkylation sites (tertiary alicyclic amines) is 1. The molecule has 1 aliphatic heterocycles. The molecule has 4 nitrogen and oxygen atoms in total. The minimum absolute atomic E-state index is 0.0341. The van der Waals surface area contributed by atoms with Crippen LogP contribution in [0.2, 0.25) is 0 Å². The van der Waals surface area contributed by atoms with Crippen molar-refractivity contribution in [1.82, 2.24) is 10.2 Å². The largest absolute Gasteiger partial charge is 0.388 e. The molecule has 1 heterocycles. The summed E-state index contributed by atoms with van der Waals surface area (Å²) >= 11 is 0. The molecule has 0 bridgehead atoms. The number of carbonyl (C=O) groups is 1. The number of carbonyl (C=O) groups excluding carboxylic acids is 1. The number of benzene rings is 3. The number of hydrogen-bond donors (Lipinski definition) is 2. The maximum absolute atomic E-state index is 12.3. The maximum atomic E-state index is 12.3. The van der Waals surface area contributed by atoms with Crippen molar-refractivity contribution in [2.75, 3.05) is 19.6 Å². The van der Waals surface area contributed by atoms with Crippen molar-refractivity contribution in [1.29, 1.82) is 0 Å². The Labute approximate surface area is 215 Å². The van der Waals surface area contributed by atoms with E-state index in [0.29, 0.717) is 24.8 Å². The Balaban J connectivity index is 1.08. The molecule has 1 saturated heterocycles. The molecule has 4 heteroatoms. The van der Waals surface area contributed by atoms with Crippen molar-refractivity contribution < 1.29 is 9.90 Å². The van der Waals surface area contributed by atoms with Crippen LogP contribution in [0.15, 0.2) is 78.9 Å². The van der Waals surface area contributed by atoms with Gasteiger partial charge in [-0.15, -0.1) is 0 Å². The van der Waals surface area contributed by atoms with Gasteiger partial charge in [-0.05, 0) is 91.4 Å². The maximum Gasteiger partial charge on any atom is 0.224 e. The lowest BCUT2D eigenvalue weighted by Gasteiger charge is -2.35. The molecule has 2 atom stereocenters. The molecule has 2 unspecified atom stereocenters. The van der Waals surface area contributed by atoms with Gasteiger partial charge in [-0.1, -0.05) is 78.9 Å². The van der Waals surface area contributed by atoms with Gasteiger partial charge in [0.05, 0.1) is 12.5 Å². The van der Waals surface area contributed by atoms with E-state index in [4.69, 9.17) is 0 Å². The highest BCUT2D eigenvalue weighted by molar-refractivity contribution is 5.78. The minimum atomic E-state index is -0.391. The molecule has 36 heavy (non-hydrogen) atoms. The highest BCUT2D eigenvalue weighted by atomic mass is 16.3. The number of fused-ring (bicyclic) bond motifs is 1. The van der Waals surface area contributed by atoms with Crippen LogP contribution in [0, 0.1) is 5.92 Å². The topological polar surface area (TPSA) is 52.6 Å². The second-order valence-corrected chi connectivity index (χ2v) is 10.5. The molecule has 188 valence electrons. The van der Waals surface area contributed by atoms with Gasteiger partial charge >= 0.3 is 0 Å². The SMILES string of the molecule is O=C(Cc1ccccc1)NCc1ccc2c(c1)CCC(CCN1CCC(c3ccccc3)CC1)C2O. The van der Waals surface area contributed by atoms with Gasteiger partial charge in [0.1, 0.15) is 0 Å². The van der Waals surface area contributed by atoms with E-state index in [2.05, 4.69) is 58.7 Å². The van der Waals surface area contributed by atoms with Gasteiger partial charge in [0, 0.05) is 6.54 Å². The zero-order valence-corrected chi connectivity index (χ0v) is 21.1. The second-order valence-electron chi connectivity index (χ2n) is 10.5. The molecule has 1 aliphatic carbocycles. The fraction of sp³-hybridized carbons (Fsp3) is 0.406. The van der Waals surface area contributed by atoms with Gasteiger partial charge in [0.2, 0.25) is 5.91 Å². The summed E-state index contributed by atoms with van der Waals surface area (Å²) in [6, 6.07) is 27.1. The standard InChI is InChI=1S/C32H38N2O2/c35-31(22-24-7-3-1-4-8-24)33-23-25-11-14-30-29(21-25)13-12-28(32(30)36)17-20-34-18-15-27(16-19-34)26-9-5-2-6-10-26/h1-11,14,21,27-28,32,36H,12-13,15-20,22-23H2,(H,33,35). The lowest BCUT2D eigenvalue weighted by Crippen LogP contribution is -2.35. The van der Waals surface area contributed by atoms with E-state index < -0.39 is 6.10 Å². The Bertz CT molecular complexity index is 1120. The number of aliphatic hydroxyl groups is 1. The summed E-state index contributed by atoms with van der Waals surface area (Å²) in [6.45, 7) is 3.90. The number of hydrogen-bond acceptors (Lipinski definition) is 3. The van der Waals surface area contributed by atoms with Crippen LogP contribution >= 0.6 is 0 Å². The molecular formula is C32H38N2O2. The second kappa shape index (κ2) is 11.9. The molecule has 2 aliphatic rings. The number of aryl methyl sites for hydroxylation is 1. The van der Waals surface area contributed by atoms with Crippen LogP contribution in [-0.2, 0) is 24.2 Å². The van der Waals surface area contributed by atoms with Gasteiger partial charge in [-0.3, -0.25) is 4.79 Å². The van der Waals surface area contributed by atoms with E-state index in [1.54, 1.807) is 0 Å². The lowest BCUT2D eigenvalue weighted by molar-refractivity contribution is -0.120. The number of aliphatic hydroxyl groups excluding tert-OH is 1. The van der Waals surface area contributed by atoms with Gasteiger partial charge in [-0.2, -0.15) is 0 Å². The Morgan fingerprint density at radius 2 is 1.61 bits per heavy atom. The first-order valence-electron chi connectivity index (χ1n) is 13.5. The van der Waals surface area contributed by atoms with Gasteiger partial charge < -0.3 is 15.3 Å². The number of rotatable bonds is 8. The Morgan fingerprint density at radius 1 is 0.889 bits per heavy atom. The fourth-order valence-electron chi connectivity index (χ4n) is 5.94. The van der Waals surface area contributed by atoms with Gasteiger partial charge in [0.15, 0.2) is 0 Å². The Kier molecular flexibility index (Phi) is 8.15. The summed E-state index contributed by atoms with van der Waals surface area (Å²) in [4.78, 5) is 14.9. The third-order valence-electron chi connectivity index (χ3n) is 8.13. The zero-order chi connectivity index (χ0) is 24.7. The summed E-state index contributed by atoms with van der Waals surface area (Å²) in [7, 11) is 0. The van der Waals surface area contributed by atoms with E-state index in [1.165, 1.54) is 24.0 Å². The van der Waals surface area contributed by atoms with Crippen molar-refractivity contribution in [2.24, 2.45) is 5.92 Å². The summed E-state index contributed by atoms with van der Waals surface area (Å²) in [5, 5.41) is 14.2. The van der Waals surface area contributed by atoms with E-state index in [-0.39, 0.29) is 5.91 Å².